The van der Waals surface area contributed by atoms with Crippen LogP contribution in [0.5, 0.6) is 0 Å². The van der Waals surface area contributed by atoms with Crippen LogP contribution >= 0.6 is 0 Å². The number of amides is 1. The Hall–Kier alpha value is -3.86. The van der Waals surface area contributed by atoms with Crippen LogP contribution in [0.25, 0.3) is 23.1 Å². The number of pyridine rings is 1. The third-order valence-electron chi connectivity index (χ3n) is 5.18. The number of nitrogens with zero attached hydrogens (tertiary/aromatic N) is 6. The standard InChI is InChI=1S/C22H22N6O4S/c1-4-28(15-9-8-12-23-13-15)22(29)17-14-24-20(27(17)3)19-25-21(32-26-19)16-10-6-7-11-18(16)33(30,31)5-2/h6-14H,4-5H2,1-3H3. The molecule has 3 heterocycles. The number of aromatic nitrogens is 5. The maximum atomic E-state index is 13.2. The van der Waals surface area contributed by atoms with Gasteiger partial charge < -0.3 is 14.0 Å². The molecule has 0 spiro atoms. The lowest BCUT2D eigenvalue weighted by atomic mass is 10.2. The molecule has 4 aromatic rings. The second kappa shape index (κ2) is 8.94. The highest BCUT2D eigenvalue weighted by Gasteiger charge is 2.25. The van der Waals surface area contributed by atoms with Crippen LogP contribution in [0, 0.1) is 0 Å². The number of hydrogen-bond acceptors (Lipinski definition) is 8. The Kier molecular flexibility index (Phi) is 6.05. The first-order valence-corrected chi connectivity index (χ1v) is 11.9. The van der Waals surface area contributed by atoms with Crippen LogP contribution in [0.3, 0.4) is 0 Å². The van der Waals surface area contributed by atoms with Crippen molar-refractivity contribution in [2.45, 2.75) is 18.7 Å². The molecular weight excluding hydrogens is 444 g/mol. The van der Waals surface area contributed by atoms with E-state index in [0.29, 0.717) is 29.3 Å². The summed E-state index contributed by atoms with van der Waals surface area (Å²) in [6.45, 7) is 3.89. The minimum Gasteiger partial charge on any atom is -0.333 e. The van der Waals surface area contributed by atoms with E-state index in [-0.39, 0.29) is 28.3 Å². The highest BCUT2D eigenvalue weighted by atomic mass is 32.2. The summed E-state index contributed by atoms with van der Waals surface area (Å²) in [5.41, 5.74) is 1.32. The van der Waals surface area contributed by atoms with Gasteiger partial charge in [0.15, 0.2) is 15.7 Å². The van der Waals surface area contributed by atoms with Gasteiger partial charge in [-0.3, -0.25) is 9.78 Å². The van der Waals surface area contributed by atoms with E-state index in [1.807, 2.05) is 6.92 Å². The Morgan fingerprint density at radius 1 is 1.12 bits per heavy atom. The number of rotatable bonds is 7. The highest BCUT2D eigenvalue weighted by molar-refractivity contribution is 7.91. The molecule has 0 fully saturated rings. The Balaban J connectivity index is 1.69. The molecule has 10 nitrogen and oxygen atoms in total. The van der Waals surface area contributed by atoms with E-state index in [1.54, 1.807) is 66.2 Å². The summed E-state index contributed by atoms with van der Waals surface area (Å²) in [4.78, 5) is 27.6. The zero-order chi connectivity index (χ0) is 23.6. The number of sulfone groups is 1. The molecule has 0 bridgehead atoms. The van der Waals surface area contributed by atoms with Crippen molar-refractivity contribution in [3.05, 3.63) is 60.7 Å². The van der Waals surface area contributed by atoms with Crippen LogP contribution in [-0.2, 0) is 16.9 Å². The Morgan fingerprint density at radius 2 is 1.91 bits per heavy atom. The van der Waals surface area contributed by atoms with E-state index in [2.05, 4.69) is 20.1 Å². The van der Waals surface area contributed by atoms with Gasteiger partial charge in [-0.2, -0.15) is 4.98 Å². The van der Waals surface area contributed by atoms with E-state index in [9.17, 15) is 13.2 Å². The first-order valence-electron chi connectivity index (χ1n) is 10.3. The third kappa shape index (κ3) is 4.14. The van der Waals surface area contributed by atoms with E-state index in [0.717, 1.165) is 0 Å². The van der Waals surface area contributed by atoms with Crippen LogP contribution < -0.4 is 4.90 Å². The van der Waals surface area contributed by atoms with Crippen LogP contribution in [0.2, 0.25) is 0 Å². The molecule has 1 aromatic carbocycles. The molecule has 0 saturated heterocycles. The van der Waals surface area contributed by atoms with Crippen molar-refractivity contribution in [2.24, 2.45) is 7.05 Å². The number of carbonyl (C=O) groups excluding carboxylic acids is 1. The fraction of sp³-hybridized carbons (Fsp3) is 0.227. The number of hydrogen-bond donors (Lipinski definition) is 0. The van der Waals surface area contributed by atoms with Crippen molar-refractivity contribution in [1.29, 1.82) is 0 Å². The van der Waals surface area contributed by atoms with Crippen LogP contribution in [-0.4, -0.2) is 51.3 Å². The Labute approximate surface area is 190 Å². The smallest absolute Gasteiger partial charge is 0.276 e. The summed E-state index contributed by atoms with van der Waals surface area (Å²) < 4.78 is 31.9. The Morgan fingerprint density at radius 3 is 2.61 bits per heavy atom. The second-order valence-corrected chi connectivity index (χ2v) is 9.36. The van der Waals surface area contributed by atoms with Gasteiger partial charge in [-0.15, -0.1) is 0 Å². The zero-order valence-corrected chi connectivity index (χ0v) is 19.2. The van der Waals surface area contributed by atoms with E-state index >= 15 is 0 Å². The number of benzene rings is 1. The quantitative estimate of drug-likeness (QED) is 0.407. The van der Waals surface area contributed by atoms with E-state index < -0.39 is 9.84 Å². The van der Waals surface area contributed by atoms with Gasteiger partial charge in [0.05, 0.1) is 34.3 Å². The number of carbonyl (C=O) groups is 1. The Bertz CT molecular complexity index is 1400. The van der Waals surface area contributed by atoms with Gasteiger partial charge >= 0.3 is 0 Å². The van der Waals surface area contributed by atoms with Gasteiger partial charge in [0.2, 0.25) is 5.82 Å². The van der Waals surface area contributed by atoms with Crippen molar-refractivity contribution in [3.63, 3.8) is 0 Å². The summed E-state index contributed by atoms with van der Waals surface area (Å²) in [6, 6.07) is 10.0. The van der Waals surface area contributed by atoms with E-state index in [4.69, 9.17) is 4.52 Å². The SMILES string of the molecule is CCN(C(=O)c1cnc(-c2noc(-c3ccccc3S(=O)(=O)CC)n2)n1C)c1cccnc1. The van der Waals surface area contributed by atoms with Crippen molar-refractivity contribution in [2.75, 3.05) is 17.2 Å². The first-order chi connectivity index (χ1) is 15.9. The van der Waals surface area contributed by atoms with Crippen molar-refractivity contribution < 1.29 is 17.7 Å². The maximum absolute atomic E-state index is 13.2. The molecule has 0 aliphatic carbocycles. The molecule has 3 aromatic heterocycles. The second-order valence-electron chi connectivity index (χ2n) is 7.11. The average Bonchev–Trinajstić information content (AvgIpc) is 3.47. The predicted molar refractivity (Wildman–Crippen MR) is 121 cm³/mol. The molecule has 0 N–H and O–H groups in total. The molecule has 33 heavy (non-hydrogen) atoms. The van der Waals surface area contributed by atoms with Crippen LogP contribution in [0.15, 0.2) is 64.4 Å². The summed E-state index contributed by atoms with van der Waals surface area (Å²) in [5.74, 6) is 0.195. The molecule has 0 unspecified atom stereocenters. The molecule has 1 amide bonds. The normalized spacial score (nSPS) is 11.5. The molecule has 0 aliphatic rings. The summed E-state index contributed by atoms with van der Waals surface area (Å²) >= 11 is 0. The first kappa shape index (κ1) is 22.3. The molecule has 0 radical (unpaired) electrons. The predicted octanol–water partition coefficient (Wildman–Crippen LogP) is 2.99. The van der Waals surface area contributed by atoms with Gasteiger partial charge in [-0.1, -0.05) is 24.2 Å². The minimum atomic E-state index is -3.49. The average molecular weight is 467 g/mol. The fourth-order valence-corrected chi connectivity index (χ4v) is 4.49. The summed E-state index contributed by atoms with van der Waals surface area (Å²) in [6.07, 6.45) is 4.70. The van der Waals surface area contributed by atoms with Gasteiger partial charge in [0.25, 0.3) is 11.8 Å². The van der Waals surface area contributed by atoms with Gasteiger partial charge in [-0.05, 0) is 31.2 Å². The lowest BCUT2D eigenvalue weighted by Gasteiger charge is -2.20. The van der Waals surface area contributed by atoms with Crippen LogP contribution in [0.4, 0.5) is 5.69 Å². The molecule has 0 atom stereocenters. The van der Waals surface area contributed by atoms with Crippen molar-refractivity contribution in [1.82, 2.24) is 24.7 Å². The zero-order valence-electron chi connectivity index (χ0n) is 18.3. The van der Waals surface area contributed by atoms with Crippen molar-refractivity contribution >= 4 is 21.4 Å². The molecule has 0 saturated carbocycles. The highest BCUT2D eigenvalue weighted by Crippen LogP contribution is 2.28. The monoisotopic (exact) mass is 466 g/mol. The van der Waals surface area contributed by atoms with Gasteiger partial charge in [0.1, 0.15) is 5.69 Å². The minimum absolute atomic E-state index is 0.0547. The summed E-state index contributed by atoms with van der Waals surface area (Å²) in [7, 11) is -1.81. The largest absolute Gasteiger partial charge is 0.333 e. The van der Waals surface area contributed by atoms with Gasteiger partial charge in [0, 0.05) is 19.8 Å². The fourth-order valence-electron chi connectivity index (χ4n) is 3.40. The number of imidazole rings is 1. The molecule has 0 aliphatic heterocycles. The van der Waals surface area contributed by atoms with Crippen LogP contribution in [0.1, 0.15) is 24.3 Å². The third-order valence-corrected chi connectivity index (χ3v) is 6.97. The topological polar surface area (TPSA) is 124 Å². The number of anilines is 1. The molecule has 11 heteroatoms. The molecule has 170 valence electrons. The van der Waals surface area contributed by atoms with Gasteiger partial charge in [-0.25, -0.2) is 13.4 Å². The summed E-state index contributed by atoms with van der Waals surface area (Å²) in [5, 5.41) is 3.97. The lowest BCUT2D eigenvalue weighted by molar-refractivity contribution is 0.0980. The lowest BCUT2D eigenvalue weighted by Crippen LogP contribution is -2.32. The van der Waals surface area contributed by atoms with E-state index in [1.165, 1.54) is 12.3 Å². The van der Waals surface area contributed by atoms with Crippen molar-refractivity contribution in [3.8, 4) is 23.1 Å². The molecular formula is C22H22N6O4S. The molecule has 4 rings (SSSR count). The maximum Gasteiger partial charge on any atom is 0.276 e.